The maximum Gasteiger partial charge on any atom is 0.140 e. The molecule has 0 saturated heterocycles. The highest BCUT2D eigenvalue weighted by Gasteiger charge is 2.31. The summed E-state index contributed by atoms with van der Waals surface area (Å²) in [7, 11) is 0. The van der Waals surface area contributed by atoms with Crippen LogP contribution in [0.1, 0.15) is 24.4 Å². The maximum absolute atomic E-state index is 5.92. The Morgan fingerprint density at radius 2 is 1.74 bits per heavy atom. The molecule has 2 atom stereocenters. The van der Waals surface area contributed by atoms with Crippen molar-refractivity contribution in [2.45, 2.75) is 18.2 Å². The summed E-state index contributed by atoms with van der Waals surface area (Å²) in [6.07, 6.45) is 6.09. The monoisotopic (exact) mass is 512 g/mol. The van der Waals surface area contributed by atoms with Crippen LogP contribution >= 0.6 is 11.8 Å². The molecule has 4 nitrogen and oxygen atoms in total. The van der Waals surface area contributed by atoms with Crippen LogP contribution < -0.4 is 11.1 Å². The molecule has 0 bridgehead atoms. The molecule has 2 aliphatic heterocycles. The minimum Gasteiger partial charge on any atom is -0.405 e. The third kappa shape index (κ3) is 3.74. The predicted molar refractivity (Wildman–Crippen MR) is 161 cm³/mol. The highest BCUT2D eigenvalue weighted by molar-refractivity contribution is 8.04. The van der Waals surface area contributed by atoms with Gasteiger partial charge < -0.3 is 15.6 Å². The van der Waals surface area contributed by atoms with Gasteiger partial charge in [0.2, 0.25) is 0 Å². The van der Waals surface area contributed by atoms with Gasteiger partial charge in [0.15, 0.2) is 0 Å². The number of fused-ring (bicyclic) bond motifs is 5. The molecule has 186 valence electrons. The van der Waals surface area contributed by atoms with Crippen molar-refractivity contribution in [1.29, 1.82) is 0 Å². The summed E-state index contributed by atoms with van der Waals surface area (Å²) in [6.45, 7) is 2.99. The quantitative estimate of drug-likeness (QED) is 0.265. The molecule has 3 heterocycles. The van der Waals surface area contributed by atoms with Crippen LogP contribution in [0.3, 0.4) is 0 Å². The lowest BCUT2D eigenvalue weighted by atomic mass is 9.96. The summed E-state index contributed by atoms with van der Waals surface area (Å²) in [5, 5.41) is 6.44. The molecule has 0 amide bonds. The SMILES string of the molecule is CC1C(/C=C\N)SC2=C(CNC(c3cccc(-c4cccc5ccccc45)c3)=C2)c2nc3ccccc3n21. The Morgan fingerprint density at radius 1 is 0.947 bits per heavy atom. The van der Waals surface area contributed by atoms with Crippen molar-refractivity contribution in [2.75, 3.05) is 6.54 Å². The van der Waals surface area contributed by atoms with E-state index in [-0.39, 0.29) is 11.3 Å². The molecular formula is C33H28N4S. The van der Waals surface area contributed by atoms with E-state index in [0.717, 1.165) is 29.1 Å². The summed E-state index contributed by atoms with van der Waals surface area (Å²) < 4.78 is 2.39. The number of thioether (sulfide) groups is 1. The number of hydrogen-bond acceptors (Lipinski definition) is 4. The third-order valence-electron chi connectivity index (χ3n) is 7.61. The molecule has 0 spiro atoms. The number of rotatable bonds is 3. The first-order chi connectivity index (χ1) is 18.7. The van der Waals surface area contributed by atoms with E-state index in [1.807, 2.05) is 11.8 Å². The summed E-state index contributed by atoms with van der Waals surface area (Å²) in [6, 6.07) is 32.6. The first kappa shape index (κ1) is 22.9. The first-order valence-electron chi connectivity index (χ1n) is 13.0. The zero-order chi connectivity index (χ0) is 25.6. The van der Waals surface area contributed by atoms with Gasteiger partial charge in [-0.3, -0.25) is 0 Å². The summed E-state index contributed by atoms with van der Waals surface area (Å²) in [5.74, 6) is 1.04. The number of nitrogens with one attached hydrogen (secondary N) is 1. The molecule has 0 aliphatic carbocycles. The van der Waals surface area contributed by atoms with Gasteiger partial charge in [-0.05, 0) is 64.9 Å². The van der Waals surface area contributed by atoms with Crippen LogP contribution in [-0.4, -0.2) is 21.3 Å². The first-order valence-corrected chi connectivity index (χ1v) is 13.9. The van der Waals surface area contributed by atoms with Crippen LogP contribution in [0, 0.1) is 0 Å². The Morgan fingerprint density at radius 3 is 2.66 bits per heavy atom. The molecule has 2 aliphatic rings. The second kappa shape index (κ2) is 9.26. The highest BCUT2D eigenvalue weighted by Crippen LogP contribution is 2.44. The van der Waals surface area contributed by atoms with E-state index in [1.165, 1.54) is 37.9 Å². The average molecular weight is 513 g/mol. The number of nitrogens with zero attached hydrogens (tertiary/aromatic N) is 2. The largest absolute Gasteiger partial charge is 0.405 e. The third-order valence-corrected chi connectivity index (χ3v) is 9.06. The van der Waals surface area contributed by atoms with Gasteiger partial charge in [-0.2, -0.15) is 0 Å². The van der Waals surface area contributed by atoms with Gasteiger partial charge in [0.1, 0.15) is 5.82 Å². The Hall–Kier alpha value is -4.22. The summed E-state index contributed by atoms with van der Waals surface area (Å²) in [4.78, 5) is 6.34. The summed E-state index contributed by atoms with van der Waals surface area (Å²) in [5.41, 5.74) is 14.1. The van der Waals surface area contributed by atoms with E-state index in [4.69, 9.17) is 10.7 Å². The van der Waals surface area contributed by atoms with E-state index < -0.39 is 0 Å². The molecule has 4 aromatic carbocycles. The van der Waals surface area contributed by atoms with Crippen molar-refractivity contribution in [3.8, 4) is 11.1 Å². The lowest BCUT2D eigenvalue weighted by molar-refractivity contribution is 0.575. The zero-order valence-electron chi connectivity index (χ0n) is 21.1. The molecule has 0 radical (unpaired) electrons. The Bertz CT molecular complexity index is 1790. The number of imidazole rings is 1. The second-order valence-electron chi connectivity index (χ2n) is 9.86. The number of benzene rings is 4. The van der Waals surface area contributed by atoms with Crippen molar-refractivity contribution < 1.29 is 0 Å². The van der Waals surface area contributed by atoms with Gasteiger partial charge in [-0.15, -0.1) is 11.8 Å². The fraction of sp³-hybridized carbons (Fsp3) is 0.121. The lowest BCUT2D eigenvalue weighted by Gasteiger charge is -2.22. The lowest BCUT2D eigenvalue weighted by Crippen LogP contribution is -2.21. The fourth-order valence-electron chi connectivity index (χ4n) is 5.72. The minimum absolute atomic E-state index is 0.196. The number of dihydropyridines is 1. The highest BCUT2D eigenvalue weighted by atomic mass is 32.2. The number of para-hydroxylation sites is 2. The second-order valence-corrected chi connectivity index (χ2v) is 11.1. The van der Waals surface area contributed by atoms with Gasteiger partial charge in [0.05, 0.1) is 11.0 Å². The van der Waals surface area contributed by atoms with E-state index in [9.17, 15) is 0 Å². The van der Waals surface area contributed by atoms with Crippen LogP contribution in [0.5, 0.6) is 0 Å². The number of hydrogen-bond donors (Lipinski definition) is 2. The van der Waals surface area contributed by atoms with E-state index >= 15 is 0 Å². The van der Waals surface area contributed by atoms with Crippen molar-refractivity contribution in [3.63, 3.8) is 0 Å². The molecule has 3 N–H and O–H groups in total. The van der Waals surface area contributed by atoms with E-state index in [2.05, 4.69) is 120 Å². The minimum atomic E-state index is 0.196. The van der Waals surface area contributed by atoms with Gasteiger partial charge >= 0.3 is 0 Å². The molecule has 0 saturated carbocycles. The van der Waals surface area contributed by atoms with Gasteiger partial charge in [-0.1, -0.05) is 78.9 Å². The number of allylic oxidation sites excluding steroid dienone is 1. The zero-order valence-corrected chi connectivity index (χ0v) is 22.0. The van der Waals surface area contributed by atoms with Crippen molar-refractivity contribution in [2.24, 2.45) is 5.73 Å². The van der Waals surface area contributed by atoms with Gasteiger partial charge in [-0.25, -0.2) is 4.98 Å². The molecule has 5 heteroatoms. The van der Waals surface area contributed by atoms with Crippen LogP contribution in [-0.2, 0) is 0 Å². The van der Waals surface area contributed by atoms with Crippen LogP contribution in [0.4, 0.5) is 0 Å². The summed E-state index contributed by atoms with van der Waals surface area (Å²) >= 11 is 1.88. The average Bonchev–Trinajstić information content (AvgIpc) is 3.31. The number of aromatic nitrogens is 2. The molecule has 5 aromatic rings. The fourth-order valence-corrected chi connectivity index (χ4v) is 7.00. The van der Waals surface area contributed by atoms with Crippen molar-refractivity contribution in [1.82, 2.24) is 14.9 Å². The predicted octanol–water partition coefficient (Wildman–Crippen LogP) is 7.36. The Kier molecular flexibility index (Phi) is 5.59. The maximum atomic E-state index is 5.92. The van der Waals surface area contributed by atoms with Crippen LogP contribution in [0.25, 0.3) is 44.2 Å². The van der Waals surface area contributed by atoms with Gasteiger partial charge in [0, 0.05) is 34.0 Å². The van der Waals surface area contributed by atoms with Crippen LogP contribution in [0.15, 0.2) is 114 Å². The van der Waals surface area contributed by atoms with Crippen molar-refractivity contribution >= 4 is 44.8 Å². The van der Waals surface area contributed by atoms with Gasteiger partial charge in [0.25, 0.3) is 0 Å². The van der Waals surface area contributed by atoms with E-state index in [0.29, 0.717) is 0 Å². The molecule has 1 aromatic heterocycles. The molecule has 38 heavy (non-hydrogen) atoms. The van der Waals surface area contributed by atoms with Crippen LogP contribution in [0.2, 0.25) is 0 Å². The molecular weight excluding hydrogens is 484 g/mol. The normalized spacial score (nSPS) is 19.2. The molecule has 0 fully saturated rings. The topological polar surface area (TPSA) is 55.9 Å². The van der Waals surface area contributed by atoms with Crippen molar-refractivity contribution in [3.05, 3.63) is 126 Å². The molecule has 2 unspecified atom stereocenters. The van der Waals surface area contributed by atoms with E-state index in [1.54, 1.807) is 6.20 Å². The number of nitrogens with two attached hydrogens (primary N) is 1. The Balaban J connectivity index is 1.35. The standard InChI is InChI=1S/C33H28N4S/c1-21-31(16-17-34)38-32-19-29(35-20-27(32)33-36-28-14-4-5-15-30(28)37(21)33)24-11-6-10-23(18-24)26-13-7-9-22-8-2-3-12-25(22)26/h2-19,21,31,35H,20,34H2,1H3/b17-16-. The molecule has 7 rings (SSSR count). The smallest absolute Gasteiger partial charge is 0.140 e. The Labute approximate surface area is 226 Å².